The lowest BCUT2D eigenvalue weighted by Crippen LogP contribution is -2.64. The number of hydrogen-bond donors (Lipinski definition) is 3. The van der Waals surface area contributed by atoms with Crippen LogP contribution in [-0.2, 0) is 27.4 Å². The van der Waals surface area contributed by atoms with Crippen LogP contribution in [0, 0.1) is 0 Å². The van der Waals surface area contributed by atoms with Gasteiger partial charge in [0.2, 0.25) is 0 Å². The first-order valence-electron chi connectivity index (χ1n) is 13.8. The van der Waals surface area contributed by atoms with Crippen molar-refractivity contribution >= 4 is 6.09 Å². The van der Waals surface area contributed by atoms with Gasteiger partial charge >= 0.3 is 6.09 Å². The Kier molecular flexibility index (Phi) is 11.6. The Morgan fingerprint density at radius 1 is 0.841 bits per heavy atom. The molecule has 232 valence electrons. The van der Waals surface area contributed by atoms with Gasteiger partial charge < -0.3 is 34.4 Å². The van der Waals surface area contributed by atoms with E-state index in [0.717, 1.165) is 11.1 Å². The minimum Gasteiger partial charge on any atom is -0.445 e. The minimum absolute atomic E-state index is 0.0581. The first kappa shape index (κ1) is 32.4. The summed E-state index contributed by atoms with van der Waals surface area (Å²) in [6, 6.07) is 14.6. The van der Waals surface area contributed by atoms with E-state index in [-0.39, 0.29) is 26.1 Å². The molecule has 1 amide bonds. The highest BCUT2D eigenvalue weighted by molar-refractivity contribution is 5.67. The molecular weight excluding hydrogens is 576 g/mol. The van der Waals surface area contributed by atoms with Crippen LogP contribution in [0.25, 0.3) is 31.3 Å². The lowest BCUT2D eigenvalue weighted by molar-refractivity contribution is -0.262. The van der Waals surface area contributed by atoms with Gasteiger partial charge in [0.15, 0.2) is 6.29 Å². The van der Waals surface area contributed by atoms with Crippen LogP contribution in [0.3, 0.4) is 0 Å². The van der Waals surface area contributed by atoms with E-state index >= 15 is 0 Å². The minimum atomic E-state index is -1.78. The number of carbonyl (C=O) groups is 1. The van der Waals surface area contributed by atoms with Gasteiger partial charge in [0, 0.05) is 21.3 Å². The number of hydrogen-bond acceptors (Lipinski definition) is 10. The molecule has 17 nitrogen and oxygen atoms in total. The molecule has 2 aromatic rings. The third-order valence-corrected chi connectivity index (χ3v) is 7.46. The molecule has 4 rings (SSSR count). The Bertz CT molecular complexity index is 1390. The SMILES string of the molecule is [N-]=[N+]=N[C@H]1[C@H](O)[C@@H](O)[C@H](O[C@H]2O[C@H](CN(Cc3ccccc3)C(=O)OCc3ccccc3)CC[C@H]2N=[N+]=[N-])[C@@H](N=[N+]=[N-])[C@@H]1O. The summed E-state index contributed by atoms with van der Waals surface area (Å²) in [6.07, 6.45) is -8.72. The van der Waals surface area contributed by atoms with Gasteiger partial charge in [0.25, 0.3) is 0 Å². The van der Waals surface area contributed by atoms with Gasteiger partial charge in [0.1, 0.15) is 18.8 Å². The molecule has 1 saturated carbocycles. The van der Waals surface area contributed by atoms with Crippen molar-refractivity contribution < 1.29 is 34.3 Å². The van der Waals surface area contributed by atoms with Gasteiger partial charge in [-0.25, -0.2) is 4.79 Å². The molecule has 1 aliphatic carbocycles. The van der Waals surface area contributed by atoms with Crippen LogP contribution < -0.4 is 0 Å². The molecular formula is C27H32N10O7. The lowest BCUT2D eigenvalue weighted by Gasteiger charge is -2.45. The number of nitrogens with zero attached hydrogens (tertiary/aromatic N) is 10. The van der Waals surface area contributed by atoms with E-state index in [4.69, 9.17) is 30.8 Å². The molecule has 1 heterocycles. The zero-order chi connectivity index (χ0) is 31.5. The summed E-state index contributed by atoms with van der Waals surface area (Å²) < 4.78 is 17.7. The summed E-state index contributed by atoms with van der Waals surface area (Å²) in [7, 11) is 0. The quantitative estimate of drug-likeness (QED) is 0.193. The second kappa shape index (κ2) is 15.8. The molecule has 9 atom stereocenters. The fraction of sp³-hybridized carbons (Fsp3) is 0.519. The Labute approximate surface area is 251 Å². The van der Waals surface area contributed by atoms with E-state index in [0.29, 0.717) is 6.42 Å². The van der Waals surface area contributed by atoms with E-state index in [9.17, 15) is 20.1 Å². The van der Waals surface area contributed by atoms with Crippen molar-refractivity contribution in [2.75, 3.05) is 6.54 Å². The van der Waals surface area contributed by atoms with Crippen molar-refractivity contribution in [3.63, 3.8) is 0 Å². The first-order chi connectivity index (χ1) is 21.4. The average Bonchev–Trinajstić information content (AvgIpc) is 3.04. The molecule has 1 saturated heterocycles. The number of benzene rings is 2. The normalized spacial score (nSPS) is 29.7. The Balaban J connectivity index is 1.53. The fourth-order valence-corrected chi connectivity index (χ4v) is 5.24. The van der Waals surface area contributed by atoms with Crippen molar-refractivity contribution in [1.29, 1.82) is 0 Å². The molecule has 44 heavy (non-hydrogen) atoms. The second-order valence-corrected chi connectivity index (χ2v) is 10.3. The topological polar surface area (TPSA) is 255 Å². The molecule has 2 aromatic carbocycles. The smallest absolute Gasteiger partial charge is 0.410 e. The second-order valence-electron chi connectivity index (χ2n) is 10.3. The zero-order valence-electron chi connectivity index (χ0n) is 23.5. The molecule has 0 spiro atoms. The summed E-state index contributed by atoms with van der Waals surface area (Å²) in [5.41, 5.74) is 28.7. The van der Waals surface area contributed by atoms with Gasteiger partial charge in [-0.3, -0.25) is 0 Å². The van der Waals surface area contributed by atoms with E-state index in [2.05, 4.69) is 30.1 Å². The maximum atomic E-state index is 13.3. The number of ether oxygens (including phenoxy) is 3. The molecule has 0 radical (unpaired) electrons. The molecule has 17 heteroatoms. The molecule has 2 fully saturated rings. The van der Waals surface area contributed by atoms with Crippen LogP contribution in [0.5, 0.6) is 0 Å². The number of rotatable bonds is 11. The Morgan fingerprint density at radius 3 is 2.09 bits per heavy atom. The van der Waals surface area contributed by atoms with Crippen LogP contribution in [0.2, 0.25) is 0 Å². The summed E-state index contributed by atoms with van der Waals surface area (Å²) >= 11 is 0. The zero-order valence-corrected chi connectivity index (χ0v) is 23.5. The lowest BCUT2D eigenvalue weighted by atomic mass is 9.82. The molecule has 0 bridgehead atoms. The highest BCUT2D eigenvalue weighted by atomic mass is 16.7. The van der Waals surface area contributed by atoms with Gasteiger partial charge in [-0.2, -0.15) is 0 Å². The van der Waals surface area contributed by atoms with Gasteiger partial charge in [-0.05, 0) is 40.6 Å². The first-order valence-corrected chi connectivity index (χ1v) is 13.8. The van der Waals surface area contributed by atoms with E-state index in [1.165, 1.54) is 4.90 Å². The Hall–Kier alpha value is -4.56. The van der Waals surface area contributed by atoms with Crippen molar-refractivity contribution in [2.24, 2.45) is 15.3 Å². The fourth-order valence-electron chi connectivity index (χ4n) is 5.24. The monoisotopic (exact) mass is 608 g/mol. The van der Waals surface area contributed by atoms with Crippen LogP contribution in [0.15, 0.2) is 76.0 Å². The number of aliphatic hydroxyl groups excluding tert-OH is 3. The highest BCUT2D eigenvalue weighted by Gasteiger charge is 2.51. The highest BCUT2D eigenvalue weighted by Crippen LogP contribution is 2.33. The van der Waals surface area contributed by atoms with Crippen molar-refractivity contribution in [2.45, 2.75) is 80.9 Å². The van der Waals surface area contributed by atoms with Crippen LogP contribution in [-0.4, -0.2) is 87.8 Å². The van der Waals surface area contributed by atoms with Crippen LogP contribution >= 0.6 is 0 Å². The van der Waals surface area contributed by atoms with E-state index in [1.54, 1.807) is 0 Å². The molecule has 2 aliphatic rings. The number of amides is 1. The largest absolute Gasteiger partial charge is 0.445 e. The predicted molar refractivity (Wildman–Crippen MR) is 153 cm³/mol. The number of aliphatic hydroxyl groups is 3. The number of carbonyl (C=O) groups excluding carboxylic acids is 1. The van der Waals surface area contributed by atoms with Gasteiger partial charge in [0.05, 0.1) is 43.0 Å². The maximum absolute atomic E-state index is 13.3. The summed E-state index contributed by atoms with van der Waals surface area (Å²) in [5.74, 6) is 0. The van der Waals surface area contributed by atoms with E-state index in [1.807, 2.05) is 60.7 Å². The van der Waals surface area contributed by atoms with E-state index < -0.39 is 61.0 Å². The summed E-state index contributed by atoms with van der Waals surface area (Å²) in [4.78, 5) is 22.8. The third kappa shape index (κ3) is 8.08. The molecule has 0 aromatic heterocycles. The summed E-state index contributed by atoms with van der Waals surface area (Å²) in [6.45, 7) is 0.324. The third-order valence-electron chi connectivity index (χ3n) is 7.46. The van der Waals surface area contributed by atoms with Crippen molar-refractivity contribution in [1.82, 2.24) is 4.90 Å². The van der Waals surface area contributed by atoms with Crippen LogP contribution in [0.1, 0.15) is 24.0 Å². The summed E-state index contributed by atoms with van der Waals surface area (Å²) in [5, 5.41) is 42.6. The van der Waals surface area contributed by atoms with Crippen LogP contribution in [0.4, 0.5) is 4.79 Å². The van der Waals surface area contributed by atoms with Crippen molar-refractivity contribution in [3.05, 3.63) is 103 Å². The average molecular weight is 609 g/mol. The van der Waals surface area contributed by atoms with Crippen molar-refractivity contribution in [3.8, 4) is 0 Å². The Morgan fingerprint density at radius 2 is 1.45 bits per heavy atom. The standard InChI is InChI=1S/C27H32N10O7/c28-34-31-19-12-11-18(43-26(19)44-25-21(33-36-30)22(38)20(32-35-29)23(39)24(25)40)14-37(13-16-7-3-1-4-8-16)27(41)42-15-17-9-5-2-6-10-17/h1-10,18-26,38-40H,11-15H2/t18-,19+,20+,21-,22+,23-,24+,25+,26+/m0/s1. The van der Waals surface area contributed by atoms with Gasteiger partial charge in [-0.1, -0.05) is 76.0 Å². The molecule has 1 aliphatic heterocycles. The predicted octanol–water partition coefficient (Wildman–Crippen LogP) is 3.85. The maximum Gasteiger partial charge on any atom is 0.410 e. The van der Waals surface area contributed by atoms with Gasteiger partial charge in [-0.15, -0.1) is 0 Å². The number of azide groups is 3. The molecule has 0 unspecified atom stereocenters. The molecule has 3 N–H and O–H groups in total.